The maximum Gasteiger partial charge on any atom is 0.323 e. The molecule has 0 aromatic heterocycles. The van der Waals surface area contributed by atoms with Crippen molar-refractivity contribution < 1.29 is 28.2 Å². The summed E-state index contributed by atoms with van der Waals surface area (Å²) in [7, 11) is 0. The van der Waals surface area contributed by atoms with E-state index < -0.39 is 29.5 Å². The number of carboxylic acids is 1. The van der Waals surface area contributed by atoms with E-state index in [1.54, 1.807) is 0 Å². The van der Waals surface area contributed by atoms with Crippen LogP contribution in [0.5, 0.6) is 5.75 Å². The van der Waals surface area contributed by atoms with Gasteiger partial charge in [-0.15, -0.1) is 0 Å². The van der Waals surface area contributed by atoms with Crippen LogP contribution in [0.2, 0.25) is 0 Å². The van der Waals surface area contributed by atoms with Gasteiger partial charge in [-0.1, -0.05) is 0 Å². The Morgan fingerprint density at radius 3 is 2.83 bits per heavy atom. The van der Waals surface area contributed by atoms with Gasteiger partial charge in [-0.05, 0) is 18.2 Å². The first-order valence-corrected chi connectivity index (χ1v) is 5.99. The normalized spacial score (nSPS) is 15.8. The highest BCUT2D eigenvalue weighted by Gasteiger charge is 2.27. The fourth-order valence-electron chi connectivity index (χ4n) is 1.60. The van der Waals surface area contributed by atoms with Gasteiger partial charge in [-0.2, -0.15) is 0 Å². The van der Waals surface area contributed by atoms with Gasteiger partial charge in [-0.3, -0.25) is 14.5 Å². The van der Waals surface area contributed by atoms with Crippen LogP contribution in [-0.4, -0.2) is 38.9 Å². The standard InChI is InChI=1S/C10H9NO6S/c12-9-5-17-8-2-1-6(18(15)16)3-7(8)11(9)4-10(13)14/h1-3H,4-5H2,(H,13,14)(H,15,16). The summed E-state index contributed by atoms with van der Waals surface area (Å²) in [5, 5.41) is 8.74. The van der Waals surface area contributed by atoms with Gasteiger partial charge in [0, 0.05) is 0 Å². The molecule has 0 bridgehead atoms. The third-order valence-electron chi connectivity index (χ3n) is 2.37. The van der Waals surface area contributed by atoms with Gasteiger partial charge in [0.05, 0.1) is 10.6 Å². The van der Waals surface area contributed by atoms with Crippen LogP contribution in [0.4, 0.5) is 5.69 Å². The number of ether oxygens (including phenoxy) is 1. The summed E-state index contributed by atoms with van der Waals surface area (Å²) in [6.07, 6.45) is 0. The Morgan fingerprint density at radius 1 is 1.50 bits per heavy atom. The predicted octanol–water partition coefficient (Wildman–Crippen LogP) is 0.0772. The molecule has 1 unspecified atom stereocenters. The van der Waals surface area contributed by atoms with Gasteiger partial charge in [0.2, 0.25) is 0 Å². The van der Waals surface area contributed by atoms with Crippen LogP contribution in [0.15, 0.2) is 23.1 Å². The van der Waals surface area contributed by atoms with Crippen LogP contribution >= 0.6 is 0 Å². The first-order chi connectivity index (χ1) is 8.49. The second kappa shape index (κ2) is 4.75. The third kappa shape index (κ3) is 2.34. The average molecular weight is 271 g/mol. The summed E-state index contributed by atoms with van der Waals surface area (Å²) in [6, 6.07) is 4.08. The number of anilines is 1. The van der Waals surface area contributed by atoms with Crippen molar-refractivity contribution in [2.24, 2.45) is 0 Å². The second-order valence-electron chi connectivity index (χ2n) is 3.54. The zero-order chi connectivity index (χ0) is 13.3. The van der Waals surface area contributed by atoms with Gasteiger partial charge >= 0.3 is 5.97 Å². The van der Waals surface area contributed by atoms with Crippen LogP contribution in [0.3, 0.4) is 0 Å². The van der Waals surface area contributed by atoms with E-state index in [0.29, 0.717) is 5.75 Å². The highest BCUT2D eigenvalue weighted by atomic mass is 32.2. The molecule has 2 rings (SSSR count). The first-order valence-electron chi connectivity index (χ1n) is 4.89. The molecular weight excluding hydrogens is 262 g/mol. The van der Waals surface area contributed by atoms with Crippen LogP contribution in [-0.2, 0) is 20.7 Å². The minimum Gasteiger partial charge on any atom is -0.482 e. The molecule has 0 spiro atoms. The number of nitrogens with zero attached hydrogens (tertiary/aromatic N) is 1. The van der Waals surface area contributed by atoms with Crippen molar-refractivity contribution in [3.8, 4) is 5.75 Å². The molecule has 1 aromatic carbocycles. The highest BCUT2D eigenvalue weighted by molar-refractivity contribution is 7.79. The van der Waals surface area contributed by atoms with Crippen LogP contribution in [0, 0.1) is 0 Å². The Balaban J connectivity index is 2.46. The number of carbonyl (C=O) groups is 2. The Hall–Kier alpha value is -1.93. The Morgan fingerprint density at radius 2 is 2.22 bits per heavy atom. The Bertz CT molecular complexity index is 543. The Kier molecular flexibility index (Phi) is 3.30. The van der Waals surface area contributed by atoms with E-state index >= 15 is 0 Å². The molecule has 1 aromatic rings. The summed E-state index contributed by atoms with van der Waals surface area (Å²) in [5.74, 6) is -1.37. The van der Waals surface area contributed by atoms with Crippen molar-refractivity contribution in [2.45, 2.75) is 4.90 Å². The molecule has 0 saturated heterocycles. The number of hydrogen-bond acceptors (Lipinski definition) is 4. The largest absolute Gasteiger partial charge is 0.482 e. The van der Waals surface area contributed by atoms with Gasteiger partial charge in [-0.25, -0.2) is 4.21 Å². The lowest BCUT2D eigenvalue weighted by Gasteiger charge is -2.28. The molecule has 1 atom stereocenters. The van der Waals surface area contributed by atoms with Crippen molar-refractivity contribution >= 4 is 28.6 Å². The highest BCUT2D eigenvalue weighted by Crippen LogP contribution is 2.33. The molecule has 0 radical (unpaired) electrons. The molecule has 1 aliphatic rings. The maximum atomic E-state index is 11.6. The monoisotopic (exact) mass is 271 g/mol. The summed E-state index contributed by atoms with van der Waals surface area (Å²) < 4.78 is 25.0. The molecule has 0 saturated carbocycles. The topological polar surface area (TPSA) is 104 Å². The molecule has 2 N–H and O–H groups in total. The molecular formula is C10H9NO6S. The number of rotatable bonds is 3. The summed E-state index contributed by atoms with van der Waals surface area (Å²) in [6.45, 7) is -0.765. The third-order valence-corrected chi connectivity index (χ3v) is 3.03. The zero-order valence-corrected chi connectivity index (χ0v) is 9.85. The van der Waals surface area contributed by atoms with E-state index in [0.717, 1.165) is 4.90 Å². The number of amides is 1. The first kappa shape index (κ1) is 12.5. The predicted molar refractivity (Wildman–Crippen MR) is 61.0 cm³/mol. The molecule has 7 nitrogen and oxygen atoms in total. The zero-order valence-electron chi connectivity index (χ0n) is 9.03. The molecule has 96 valence electrons. The molecule has 0 fully saturated rings. The van der Waals surface area contributed by atoms with Crippen molar-refractivity contribution in [2.75, 3.05) is 18.1 Å². The number of carbonyl (C=O) groups excluding carboxylic acids is 1. The summed E-state index contributed by atoms with van der Waals surface area (Å²) >= 11 is -2.21. The average Bonchev–Trinajstić information content (AvgIpc) is 2.31. The fourth-order valence-corrected chi connectivity index (χ4v) is 2.00. The van der Waals surface area contributed by atoms with Gasteiger partial charge in [0.15, 0.2) is 17.7 Å². The lowest BCUT2D eigenvalue weighted by Crippen LogP contribution is -2.42. The van der Waals surface area contributed by atoms with Gasteiger partial charge < -0.3 is 14.4 Å². The van der Waals surface area contributed by atoms with Crippen molar-refractivity contribution in [1.29, 1.82) is 0 Å². The minimum atomic E-state index is -2.21. The van der Waals surface area contributed by atoms with E-state index in [9.17, 15) is 13.8 Å². The fraction of sp³-hybridized carbons (Fsp3) is 0.200. The van der Waals surface area contributed by atoms with Crippen molar-refractivity contribution in [3.05, 3.63) is 18.2 Å². The van der Waals surface area contributed by atoms with E-state index in [1.807, 2.05) is 0 Å². The van der Waals surface area contributed by atoms with Crippen molar-refractivity contribution in [1.82, 2.24) is 0 Å². The number of hydrogen-bond donors (Lipinski definition) is 2. The molecule has 1 amide bonds. The summed E-state index contributed by atoms with van der Waals surface area (Å²) in [5.41, 5.74) is 0.188. The van der Waals surface area contributed by atoms with Gasteiger partial charge in [0.25, 0.3) is 5.91 Å². The second-order valence-corrected chi connectivity index (χ2v) is 4.51. The lowest BCUT2D eigenvalue weighted by atomic mass is 10.2. The van der Waals surface area contributed by atoms with E-state index in [4.69, 9.17) is 14.4 Å². The van der Waals surface area contributed by atoms with Crippen LogP contribution < -0.4 is 9.64 Å². The molecule has 0 aliphatic carbocycles. The Labute approximate surface area is 104 Å². The lowest BCUT2D eigenvalue weighted by molar-refractivity contribution is -0.137. The smallest absolute Gasteiger partial charge is 0.323 e. The molecule has 1 heterocycles. The van der Waals surface area contributed by atoms with E-state index in [2.05, 4.69) is 0 Å². The van der Waals surface area contributed by atoms with Crippen LogP contribution in [0.25, 0.3) is 0 Å². The molecule has 18 heavy (non-hydrogen) atoms. The van der Waals surface area contributed by atoms with E-state index in [-0.39, 0.29) is 17.2 Å². The minimum absolute atomic E-state index is 0.0717. The number of fused-ring (bicyclic) bond motifs is 1. The summed E-state index contributed by atoms with van der Waals surface area (Å²) in [4.78, 5) is 23.4. The maximum absolute atomic E-state index is 11.6. The van der Waals surface area contributed by atoms with E-state index in [1.165, 1.54) is 18.2 Å². The van der Waals surface area contributed by atoms with Gasteiger partial charge in [0.1, 0.15) is 12.3 Å². The SMILES string of the molecule is O=C(O)CN1C(=O)COc2ccc(S(=O)O)cc21. The number of aliphatic carboxylic acids is 1. The number of carboxylic acid groups (broad SMARTS) is 1. The number of benzene rings is 1. The van der Waals surface area contributed by atoms with Crippen molar-refractivity contribution in [3.63, 3.8) is 0 Å². The molecule has 8 heteroatoms. The molecule has 1 aliphatic heterocycles. The van der Waals surface area contributed by atoms with Crippen LogP contribution in [0.1, 0.15) is 0 Å². The quantitative estimate of drug-likeness (QED) is 0.754.